The Labute approximate surface area is 129 Å². The van der Waals surface area contributed by atoms with E-state index >= 15 is 0 Å². The Morgan fingerprint density at radius 3 is 2.77 bits per heavy atom. The van der Waals surface area contributed by atoms with Crippen molar-refractivity contribution in [2.24, 2.45) is 0 Å². The van der Waals surface area contributed by atoms with Gasteiger partial charge in [0.15, 0.2) is 11.5 Å². The van der Waals surface area contributed by atoms with E-state index in [1.165, 1.54) is 5.39 Å². The maximum Gasteiger partial charge on any atom is 0.162 e. The molecule has 2 aromatic carbocycles. The van der Waals surface area contributed by atoms with Crippen molar-refractivity contribution >= 4 is 10.9 Å². The van der Waals surface area contributed by atoms with E-state index in [4.69, 9.17) is 4.74 Å². The minimum absolute atomic E-state index is 0.216. The zero-order valence-electron chi connectivity index (χ0n) is 12.6. The Hall–Kier alpha value is -2.46. The second-order valence-electron chi connectivity index (χ2n) is 5.18. The van der Waals surface area contributed by atoms with Crippen molar-refractivity contribution in [1.29, 1.82) is 0 Å². The zero-order valence-corrected chi connectivity index (χ0v) is 12.6. The third-order valence-corrected chi connectivity index (χ3v) is 3.60. The van der Waals surface area contributed by atoms with Crippen LogP contribution >= 0.6 is 0 Å². The van der Waals surface area contributed by atoms with Crippen LogP contribution in [0.4, 0.5) is 0 Å². The Morgan fingerprint density at radius 1 is 1.09 bits per heavy atom. The third-order valence-electron chi connectivity index (χ3n) is 3.60. The first-order valence-corrected chi connectivity index (χ1v) is 7.49. The van der Waals surface area contributed by atoms with E-state index in [1.54, 1.807) is 6.07 Å². The standard InChI is InChI=1S/C18H20N2O2/c1-2-22-17-9-5-7-14(18(17)21)11-19-12-15-10-13-6-3-4-8-16(13)20-15/h3-10,19-21H,2,11-12H2,1H3. The molecule has 0 atom stereocenters. The molecular weight excluding hydrogens is 276 g/mol. The number of hydrogen-bond donors (Lipinski definition) is 3. The van der Waals surface area contributed by atoms with Gasteiger partial charge in [-0.25, -0.2) is 0 Å². The molecule has 0 unspecified atom stereocenters. The highest BCUT2D eigenvalue weighted by Gasteiger charge is 2.07. The number of H-pyrrole nitrogens is 1. The first-order chi connectivity index (χ1) is 10.8. The van der Waals surface area contributed by atoms with Gasteiger partial charge in [0.2, 0.25) is 0 Å². The van der Waals surface area contributed by atoms with Crippen LogP contribution in [0.3, 0.4) is 0 Å². The van der Waals surface area contributed by atoms with Crippen molar-refractivity contribution in [3.63, 3.8) is 0 Å². The van der Waals surface area contributed by atoms with E-state index in [0.29, 0.717) is 25.4 Å². The smallest absolute Gasteiger partial charge is 0.162 e. The first-order valence-electron chi connectivity index (χ1n) is 7.49. The summed E-state index contributed by atoms with van der Waals surface area (Å²) in [6.45, 7) is 3.74. The molecule has 0 aliphatic rings. The van der Waals surface area contributed by atoms with E-state index in [1.807, 2.05) is 31.2 Å². The van der Waals surface area contributed by atoms with Gasteiger partial charge < -0.3 is 20.1 Å². The van der Waals surface area contributed by atoms with Crippen molar-refractivity contribution in [2.75, 3.05) is 6.61 Å². The van der Waals surface area contributed by atoms with Gasteiger partial charge >= 0.3 is 0 Å². The summed E-state index contributed by atoms with van der Waals surface area (Å²) in [7, 11) is 0. The minimum Gasteiger partial charge on any atom is -0.504 e. The molecule has 0 radical (unpaired) electrons. The summed E-state index contributed by atoms with van der Waals surface area (Å²) in [5.74, 6) is 0.751. The topological polar surface area (TPSA) is 57.3 Å². The number of aromatic hydroxyl groups is 1. The molecule has 0 bridgehead atoms. The molecule has 3 aromatic rings. The number of benzene rings is 2. The summed E-state index contributed by atoms with van der Waals surface area (Å²) in [5.41, 5.74) is 3.10. The van der Waals surface area contributed by atoms with E-state index in [9.17, 15) is 5.11 Å². The van der Waals surface area contributed by atoms with E-state index in [0.717, 1.165) is 16.8 Å². The number of phenolic OH excluding ortho intramolecular Hbond substituents is 1. The average Bonchev–Trinajstić information content (AvgIpc) is 2.94. The minimum atomic E-state index is 0.216. The number of nitrogens with one attached hydrogen (secondary N) is 2. The van der Waals surface area contributed by atoms with Crippen LogP contribution in [0.5, 0.6) is 11.5 Å². The Morgan fingerprint density at radius 2 is 1.95 bits per heavy atom. The van der Waals surface area contributed by atoms with Crippen LogP contribution in [0.1, 0.15) is 18.2 Å². The molecule has 0 aliphatic carbocycles. The molecule has 0 fully saturated rings. The number of aromatic nitrogens is 1. The molecule has 3 rings (SSSR count). The Kier molecular flexibility index (Phi) is 4.30. The van der Waals surface area contributed by atoms with E-state index in [2.05, 4.69) is 28.5 Å². The van der Waals surface area contributed by atoms with Gasteiger partial charge in [-0.15, -0.1) is 0 Å². The number of rotatable bonds is 6. The van der Waals surface area contributed by atoms with Crippen molar-refractivity contribution in [2.45, 2.75) is 20.0 Å². The van der Waals surface area contributed by atoms with Gasteiger partial charge in [-0.2, -0.15) is 0 Å². The van der Waals surface area contributed by atoms with Crippen molar-refractivity contribution in [1.82, 2.24) is 10.3 Å². The van der Waals surface area contributed by atoms with Gasteiger partial charge in [-0.05, 0) is 30.5 Å². The maximum atomic E-state index is 10.2. The molecular formula is C18H20N2O2. The fourth-order valence-electron chi connectivity index (χ4n) is 2.54. The number of hydrogen-bond acceptors (Lipinski definition) is 3. The lowest BCUT2D eigenvalue weighted by Crippen LogP contribution is -2.13. The number of para-hydroxylation sites is 2. The molecule has 0 aliphatic heterocycles. The van der Waals surface area contributed by atoms with Crippen LogP contribution in [-0.4, -0.2) is 16.7 Å². The normalized spacial score (nSPS) is 11.0. The summed E-state index contributed by atoms with van der Waals surface area (Å²) in [4.78, 5) is 3.38. The van der Waals surface area contributed by atoms with Gasteiger partial charge in [-0.3, -0.25) is 0 Å². The molecule has 0 saturated heterocycles. The maximum absolute atomic E-state index is 10.2. The number of fused-ring (bicyclic) bond motifs is 1. The quantitative estimate of drug-likeness (QED) is 0.652. The summed E-state index contributed by atoms with van der Waals surface area (Å²) in [6, 6.07) is 15.9. The number of ether oxygens (including phenoxy) is 1. The summed E-state index contributed by atoms with van der Waals surface area (Å²) in [5, 5.41) is 14.7. The fraction of sp³-hybridized carbons (Fsp3) is 0.222. The Bertz CT molecular complexity index is 732. The SMILES string of the molecule is CCOc1cccc(CNCc2cc3ccccc3[nH]2)c1O. The largest absolute Gasteiger partial charge is 0.504 e. The van der Waals surface area contributed by atoms with Gasteiger partial charge in [-0.1, -0.05) is 30.3 Å². The lowest BCUT2D eigenvalue weighted by atomic mass is 10.2. The van der Waals surface area contributed by atoms with E-state index in [-0.39, 0.29) is 5.75 Å². The van der Waals surface area contributed by atoms with Crippen molar-refractivity contribution in [3.05, 3.63) is 59.8 Å². The first kappa shape index (κ1) is 14.5. The van der Waals surface area contributed by atoms with Crippen LogP contribution in [0.15, 0.2) is 48.5 Å². The summed E-state index contributed by atoms with van der Waals surface area (Å²) < 4.78 is 5.40. The molecule has 3 N–H and O–H groups in total. The van der Waals surface area contributed by atoms with Crippen LogP contribution < -0.4 is 10.1 Å². The van der Waals surface area contributed by atoms with Crippen molar-refractivity contribution < 1.29 is 9.84 Å². The van der Waals surface area contributed by atoms with Crippen LogP contribution in [0.25, 0.3) is 10.9 Å². The lowest BCUT2D eigenvalue weighted by Gasteiger charge is -2.10. The second kappa shape index (κ2) is 6.54. The highest BCUT2D eigenvalue weighted by molar-refractivity contribution is 5.80. The molecule has 22 heavy (non-hydrogen) atoms. The summed E-state index contributed by atoms with van der Waals surface area (Å²) in [6.07, 6.45) is 0. The molecule has 114 valence electrons. The molecule has 1 heterocycles. The predicted octanol–water partition coefficient (Wildman–Crippen LogP) is 3.56. The second-order valence-corrected chi connectivity index (χ2v) is 5.18. The van der Waals surface area contributed by atoms with E-state index < -0.39 is 0 Å². The van der Waals surface area contributed by atoms with Gasteiger partial charge in [0.1, 0.15) is 0 Å². The molecule has 0 saturated carbocycles. The molecule has 4 nitrogen and oxygen atoms in total. The Balaban J connectivity index is 1.64. The number of phenols is 1. The zero-order chi connectivity index (χ0) is 15.4. The van der Waals surface area contributed by atoms with Crippen LogP contribution in [0, 0.1) is 0 Å². The molecule has 0 spiro atoms. The fourth-order valence-corrected chi connectivity index (χ4v) is 2.54. The van der Waals surface area contributed by atoms with Gasteiger partial charge in [0, 0.05) is 29.9 Å². The monoisotopic (exact) mass is 296 g/mol. The summed E-state index contributed by atoms with van der Waals surface area (Å²) >= 11 is 0. The van der Waals surface area contributed by atoms with Crippen LogP contribution in [0.2, 0.25) is 0 Å². The van der Waals surface area contributed by atoms with Gasteiger partial charge in [0.25, 0.3) is 0 Å². The third kappa shape index (κ3) is 3.07. The van der Waals surface area contributed by atoms with Crippen molar-refractivity contribution in [3.8, 4) is 11.5 Å². The highest BCUT2D eigenvalue weighted by atomic mass is 16.5. The van der Waals surface area contributed by atoms with Gasteiger partial charge in [0.05, 0.1) is 6.61 Å². The molecule has 4 heteroatoms. The number of aromatic amines is 1. The molecule has 0 amide bonds. The lowest BCUT2D eigenvalue weighted by molar-refractivity contribution is 0.316. The predicted molar refractivity (Wildman–Crippen MR) is 88.1 cm³/mol. The molecule has 1 aromatic heterocycles. The van der Waals surface area contributed by atoms with Crippen LogP contribution in [-0.2, 0) is 13.1 Å². The average molecular weight is 296 g/mol. The highest BCUT2D eigenvalue weighted by Crippen LogP contribution is 2.29.